The zero-order valence-corrected chi connectivity index (χ0v) is 14.2. The summed E-state index contributed by atoms with van der Waals surface area (Å²) < 4.78 is 6.90. The molecule has 116 valence electrons. The zero-order chi connectivity index (χ0) is 14.6. The van der Waals surface area contributed by atoms with Gasteiger partial charge in [-0.1, -0.05) is 65.2 Å². The third-order valence-corrected chi connectivity index (χ3v) is 3.77. The molecule has 0 aromatic heterocycles. The molecule has 0 aliphatic heterocycles. The molecule has 0 fully saturated rings. The second kappa shape index (κ2) is 11.7. The Balaban J connectivity index is 3.31. The van der Waals surface area contributed by atoms with Gasteiger partial charge in [-0.25, -0.2) is 0 Å². The summed E-state index contributed by atoms with van der Waals surface area (Å²) >= 11 is 0. The first-order valence-corrected chi connectivity index (χ1v) is 8.45. The van der Waals surface area contributed by atoms with Gasteiger partial charge < -0.3 is 9.22 Å². The highest BCUT2D eigenvalue weighted by molar-refractivity contribution is 4.47. The molecule has 2 nitrogen and oxygen atoms in total. The number of hydrogen-bond acceptors (Lipinski definition) is 1. The first kappa shape index (κ1) is 18.9. The molecule has 0 radical (unpaired) electrons. The number of nitrogens with zero attached hydrogens (tertiary/aromatic N) is 1. The average molecular weight is 272 g/mol. The third-order valence-electron chi connectivity index (χ3n) is 3.77. The van der Waals surface area contributed by atoms with Crippen LogP contribution in [0.15, 0.2) is 0 Å². The Morgan fingerprint density at radius 1 is 0.737 bits per heavy atom. The second-order valence-electron chi connectivity index (χ2n) is 6.68. The van der Waals surface area contributed by atoms with E-state index in [1.54, 1.807) is 0 Å². The van der Waals surface area contributed by atoms with Gasteiger partial charge in [-0.05, 0) is 6.42 Å². The molecule has 0 aliphatic carbocycles. The summed E-state index contributed by atoms with van der Waals surface area (Å²) in [6, 6.07) is 0. The van der Waals surface area contributed by atoms with Crippen LogP contribution in [-0.4, -0.2) is 38.5 Å². The fourth-order valence-electron chi connectivity index (χ4n) is 2.52. The molecule has 0 aliphatic rings. The molecule has 0 N–H and O–H groups in total. The fraction of sp³-hybridized carbons (Fsp3) is 1.00. The second-order valence-corrected chi connectivity index (χ2v) is 6.68. The highest BCUT2D eigenvalue weighted by Crippen LogP contribution is 2.12. The van der Waals surface area contributed by atoms with E-state index in [0.717, 1.165) is 17.5 Å². The van der Waals surface area contributed by atoms with Crippen molar-refractivity contribution in [2.45, 2.75) is 84.3 Å². The Morgan fingerprint density at radius 2 is 1.21 bits per heavy atom. The van der Waals surface area contributed by atoms with E-state index in [1.165, 1.54) is 57.8 Å². The van der Waals surface area contributed by atoms with E-state index >= 15 is 0 Å². The van der Waals surface area contributed by atoms with Crippen LogP contribution in [0.4, 0.5) is 0 Å². The van der Waals surface area contributed by atoms with Crippen molar-refractivity contribution in [3.05, 3.63) is 0 Å². The fourth-order valence-corrected chi connectivity index (χ4v) is 2.52. The van der Waals surface area contributed by atoms with E-state index in [2.05, 4.69) is 35.0 Å². The minimum absolute atomic E-state index is 0.356. The number of rotatable bonds is 13. The van der Waals surface area contributed by atoms with Crippen molar-refractivity contribution < 1.29 is 9.22 Å². The largest absolute Gasteiger partial charge is 0.329 e. The summed E-state index contributed by atoms with van der Waals surface area (Å²) in [5, 5.41) is 0. The maximum absolute atomic E-state index is 5.99. The number of ether oxygens (including phenoxy) is 1. The maximum Gasteiger partial charge on any atom is 0.192 e. The van der Waals surface area contributed by atoms with Crippen molar-refractivity contribution in [2.75, 3.05) is 27.7 Å². The Kier molecular flexibility index (Phi) is 11.7. The van der Waals surface area contributed by atoms with Crippen LogP contribution < -0.4 is 0 Å². The average Bonchev–Trinajstić information content (AvgIpc) is 2.34. The van der Waals surface area contributed by atoms with Crippen molar-refractivity contribution in [3.63, 3.8) is 0 Å². The van der Waals surface area contributed by atoms with E-state index in [-0.39, 0.29) is 0 Å². The third kappa shape index (κ3) is 11.4. The molecule has 1 unspecified atom stereocenters. The molecule has 0 spiro atoms. The summed E-state index contributed by atoms with van der Waals surface area (Å²) in [6.45, 7) is 5.42. The molecule has 0 aromatic rings. The number of hydrogen-bond donors (Lipinski definition) is 0. The molecule has 0 bridgehead atoms. The zero-order valence-electron chi connectivity index (χ0n) is 14.2. The number of quaternary nitrogens is 1. The van der Waals surface area contributed by atoms with Crippen LogP contribution in [0.1, 0.15) is 78.1 Å². The van der Waals surface area contributed by atoms with Gasteiger partial charge in [0.25, 0.3) is 0 Å². The highest BCUT2D eigenvalue weighted by Gasteiger charge is 2.21. The van der Waals surface area contributed by atoms with Crippen LogP contribution >= 0.6 is 0 Å². The normalized spacial score (nSPS) is 13.7. The van der Waals surface area contributed by atoms with Gasteiger partial charge in [0.15, 0.2) is 6.23 Å². The predicted molar refractivity (Wildman–Crippen MR) is 85.3 cm³/mol. The van der Waals surface area contributed by atoms with Crippen LogP contribution in [0.3, 0.4) is 0 Å². The molecule has 2 heteroatoms. The molecule has 19 heavy (non-hydrogen) atoms. The van der Waals surface area contributed by atoms with Crippen molar-refractivity contribution in [3.8, 4) is 0 Å². The molecular formula is C17H38NO+. The van der Waals surface area contributed by atoms with E-state index in [9.17, 15) is 0 Å². The first-order chi connectivity index (χ1) is 9.02. The van der Waals surface area contributed by atoms with Crippen LogP contribution in [0.5, 0.6) is 0 Å². The Hall–Kier alpha value is -0.0800. The SMILES string of the molecule is CCCCCCCCCCCOC(CC)[N+](C)(C)C. The van der Waals surface area contributed by atoms with Gasteiger partial charge in [-0.15, -0.1) is 0 Å². The predicted octanol–water partition coefficient (Wildman–Crippen LogP) is 4.98. The monoisotopic (exact) mass is 272 g/mol. The summed E-state index contributed by atoms with van der Waals surface area (Å²) in [7, 11) is 6.64. The first-order valence-electron chi connectivity index (χ1n) is 8.45. The van der Waals surface area contributed by atoms with Crippen LogP contribution in [0.2, 0.25) is 0 Å². The highest BCUT2D eigenvalue weighted by atomic mass is 16.5. The van der Waals surface area contributed by atoms with Crippen LogP contribution in [0, 0.1) is 0 Å². The van der Waals surface area contributed by atoms with Crippen LogP contribution in [0.25, 0.3) is 0 Å². The van der Waals surface area contributed by atoms with Gasteiger partial charge in [0.2, 0.25) is 0 Å². The molecule has 0 saturated heterocycles. The lowest BCUT2D eigenvalue weighted by Gasteiger charge is -2.33. The minimum Gasteiger partial charge on any atom is -0.329 e. The molecule has 0 aromatic carbocycles. The van der Waals surface area contributed by atoms with Gasteiger partial charge in [-0.2, -0.15) is 0 Å². The van der Waals surface area contributed by atoms with Gasteiger partial charge in [-0.3, -0.25) is 0 Å². The molecule has 0 amide bonds. The van der Waals surface area contributed by atoms with Crippen molar-refractivity contribution in [2.24, 2.45) is 0 Å². The van der Waals surface area contributed by atoms with E-state index in [0.29, 0.717) is 6.23 Å². The molecule has 1 atom stereocenters. The van der Waals surface area contributed by atoms with Crippen molar-refractivity contribution in [1.82, 2.24) is 0 Å². The van der Waals surface area contributed by atoms with Gasteiger partial charge in [0, 0.05) is 6.42 Å². The van der Waals surface area contributed by atoms with Gasteiger partial charge in [0.1, 0.15) is 0 Å². The van der Waals surface area contributed by atoms with Crippen molar-refractivity contribution >= 4 is 0 Å². The topological polar surface area (TPSA) is 9.23 Å². The Labute approximate surface area is 122 Å². The summed E-state index contributed by atoms with van der Waals surface area (Å²) in [4.78, 5) is 0. The van der Waals surface area contributed by atoms with E-state index in [1.807, 2.05) is 0 Å². The molecular weight excluding hydrogens is 234 g/mol. The summed E-state index contributed by atoms with van der Waals surface area (Å²) in [6.07, 6.45) is 13.9. The number of unbranched alkanes of at least 4 members (excludes halogenated alkanes) is 8. The standard InChI is InChI=1S/C17H38NO/c1-6-8-9-10-11-12-13-14-15-16-19-17(7-2)18(3,4)5/h17H,6-16H2,1-5H3/q+1. The molecule has 0 saturated carbocycles. The lowest BCUT2D eigenvalue weighted by molar-refractivity contribution is -0.920. The molecule has 0 heterocycles. The summed E-state index contributed by atoms with van der Waals surface area (Å²) in [5.41, 5.74) is 0. The molecule has 0 rings (SSSR count). The van der Waals surface area contributed by atoms with Gasteiger partial charge in [0.05, 0.1) is 27.7 Å². The van der Waals surface area contributed by atoms with Crippen LogP contribution in [-0.2, 0) is 4.74 Å². The lowest BCUT2D eigenvalue weighted by atomic mass is 10.1. The minimum atomic E-state index is 0.356. The Bertz CT molecular complexity index is 186. The maximum atomic E-state index is 5.99. The van der Waals surface area contributed by atoms with Crippen molar-refractivity contribution in [1.29, 1.82) is 0 Å². The summed E-state index contributed by atoms with van der Waals surface area (Å²) in [5.74, 6) is 0. The Morgan fingerprint density at radius 3 is 1.63 bits per heavy atom. The lowest BCUT2D eigenvalue weighted by Crippen LogP contribution is -2.46. The van der Waals surface area contributed by atoms with Gasteiger partial charge >= 0.3 is 0 Å². The van der Waals surface area contributed by atoms with E-state index in [4.69, 9.17) is 4.74 Å². The van der Waals surface area contributed by atoms with E-state index < -0.39 is 0 Å². The smallest absolute Gasteiger partial charge is 0.192 e. The quantitative estimate of drug-likeness (QED) is 0.261.